The molecule has 0 spiro atoms. The summed E-state index contributed by atoms with van der Waals surface area (Å²) in [6.45, 7) is 3.94. The third-order valence-corrected chi connectivity index (χ3v) is 5.11. The van der Waals surface area contributed by atoms with Crippen molar-refractivity contribution in [3.8, 4) is 10.6 Å². The highest BCUT2D eigenvalue weighted by Crippen LogP contribution is 2.27. The molecule has 21 heavy (non-hydrogen) atoms. The van der Waals surface area contributed by atoms with Crippen molar-refractivity contribution < 1.29 is 4.52 Å². The van der Waals surface area contributed by atoms with E-state index in [9.17, 15) is 0 Å². The third kappa shape index (κ3) is 3.19. The summed E-state index contributed by atoms with van der Waals surface area (Å²) in [5.41, 5.74) is 4.36. The van der Waals surface area contributed by atoms with Crippen molar-refractivity contribution in [2.24, 2.45) is 7.05 Å². The number of rotatable bonds is 5. The fourth-order valence-electron chi connectivity index (χ4n) is 2.00. The van der Waals surface area contributed by atoms with Crippen LogP contribution in [0.4, 0.5) is 0 Å². The van der Waals surface area contributed by atoms with E-state index in [1.165, 1.54) is 5.56 Å². The van der Waals surface area contributed by atoms with Crippen LogP contribution in [0.15, 0.2) is 22.3 Å². The van der Waals surface area contributed by atoms with E-state index in [1.54, 1.807) is 16.0 Å². The van der Waals surface area contributed by atoms with Crippen LogP contribution in [0.3, 0.4) is 0 Å². The highest BCUT2D eigenvalue weighted by molar-refractivity contribution is 7.97. The number of thioether (sulfide) groups is 1. The van der Waals surface area contributed by atoms with Crippen LogP contribution in [-0.4, -0.2) is 19.9 Å². The lowest BCUT2D eigenvalue weighted by Gasteiger charge is -1.98. The van der Waals surface area contributed by atoms with Gasteiger partial charge in [0.15, 0.2) is 0 Å². The van der Waals surface area contributed by atoms with E-state index < -0.39 is 0 Å². The molecule has 0 amide bonds. The molecule has 0 N–H and O–H groups in total. The van der Waals surface area contributed by atoms with Crippen LogP contribution in [0, 0.1) is 13.8 Å². The highest BCUT2D eigenvalue weighted by atomic mass is 32.2. The van der Waals surface area contributed by atoms with Crippen LogP contribution >= 0.6 is 23.1 Å². The number of aromatic nitrogens is 4. The lowest BCUT2D eigenvalue weighted by molar-refractivity contribution is 0.392. The molecule has 5 nitrogen and oxygen atoms in total. The molecule has 7 heteroatoms. The number of nitrogens with zero attached hydrogens (tertiary/aromatic N) is 4. The van der Waals surface area contributed by atoms with E-state index in [-0.39, 0.29) is 0 Å². The summed E-state index contributed by atoms with van der Waals surface area (Å²) in [6, 6.07) is 0. The smallest absolute Gasteiger partial charge is 0.137 e. The van der Waals surface area contributed by atoms with Gasteiger partial charge < -0.3 is 4.52 Å². The van der Waals surface area contributed by atoms with Gasteiger partial charge in [0.25, 0.3) is 0 Å². The predicted molar refractivity (Wildman–Crippen MR) is 85.3 cm³/mol. The van der Waals surface area contributed by atoms with Crippen LogP contribution in [0.1, 0.15) is 22.7 Å². The number of aryl methyl sites for hydroxylation is 3. The fourth-order valence-corrected chi connectivity index (χ4v) is 3.98. The van der Waals surface area contributed by atoms with Gasteiger partial charge in [-0.2, -0.15) is 16.9 Å². The topological polar surface area (TPSA) is 56.7 Å². The zero-order chi connectivity index (χ0) is 14.8. The van der Waals surface area contributed by atoms with E-state index in [0.29, 0.717) is 0 Å². The van der Waals surface area contributed by atoms with Crippen molar-refractivity contribution in [1.29, 1.82) is 0 Å². The molecule has 0 aliphatic rings. The normalized spacial score (nSPS) is 11.2. The van der Waals surface area contributed by atoms with E-state index in [1.807, 2.05) is 45.1 Å². The largest absolute Gasteiger partial charge is 0.361 e. The van der Waals surface area contributed by atoms with Gasteiger partial charge in [0, 0.05) is 41.3 Å². The average Bonchev–Trinajstić information content (AvgIpc) is 3.15. The van der Waals surface area contributed by atoms with Crippen molar-refractivity contribution >= 4 is 23.1 Å². The Kier molecular flexibility index (Phi) is 4.12. The molecule has 110 valence electrons. The lowest BCUT2D eigenvalue weighted by Crippen LogP contribution is -1.87. The molecule has 3 rings (SSSR count). The molecule has 0 aliphatic heterocycles. The second-order valence-electron chi connectivity index (χ2n) is 4.84. The minimum Gasteiger partial charge on any atom is -0.361 e. The second-order valence-corrected chi connectivity index (χ2v) is 6.69. The molecule has 0 saturated carbocycles. The van der Waals surface area contributed by atoms with E-state index in [4.69, 9.17) is 4.52 Å². The quantitative estimate of drug-likeness (QED) is 0.719. The second kappa shape index (κ2) is 6.03. The standard InChI is InChI=1S/C14H16N4OS2/c1-9-13(10(2)19-17-9)8-20-6-12-7-21-14(16-12)11-4-15-18(3)5-11/h4-5,7H,6,8H2,1-3H3. The number of hydrogen-bond donors (Lipinski definition) is 0. The Labute approximate surface area is 131 Å². The zero-order valence-corrected chi connectivity index (χ0v) is 13.8. The molecule has 0 radical (unpaired) electrons. The van der Waals surface area contributed by atoms with Gasteiger partial charge in [-0.15, -0.1) is 11.3 Å². The maximum atomic E-state index is 5.18. The van der Waals surface area contributed by atoms with Crippen molar-refractivity contribution in [3.05, 3.63) is 40.5 Å². The number of thiazole rings is 1. The Bertz CT molecular complexity index is 724. The van der Waals surface area contributed by atoms with Crippen LogP contribution in [0.2, 0.25) is 0 Å². The Morgan fingerprint density at radius 1 is 1.33 bits per heavy atom. The van der Waals surface area contributed by atoms with Crippen molar-refractivity contribution in [2.45, 2.75) is 25.4 Å². The van der Waals surface area contributed by atoms with Crippen LogP contribution < -0.4 is 0 Å². The van der Waals surface area contributed by atoms with Gasteiger partial charge in [0.1, 0.15) is 10.8 Å². The molecule has 0 saturated heterocycles. The fraction of sp³-hybridized carbons (Fsp3) is 0.357. The molecule has 0 bridgehead atoms. The Hall–Kier alpha value is -1.60. The first kappa shape index (κ1) is 14.3. The van der Waals surface area contributed by atoms with Gasteiger partial charge in [-0.25, -0.2) is 4.98 Å². The summed E-state index contributed by atoms with van der Waals surface area (Å²) in [6.07, 6.45) is 3.83. The van der Waals surface area contributed by atoms with Crippen LogP contribution in [0.5, 0.6) is 0 Å². The van der Waals surface area contributed by atoms with E-state index in [0.717, 1.165) is 39.2 Å². The minimum absolute atomic E-state index is 0.890. The summed E-state index contributed by atoms with van der Waals surface area (Å²) >= 11 is 3.49. The van der Waals surface area contributed by atoms with E-state index in [2.05, 4.69) is 20.6 Å². The molecule has 0 aromatic carbocycles. The van der Waals surface area contributed by atoms with E-state index >= 15 is 0 Å². The third-order valence-electron chi connectivity index (χ3n) is 3.18. The van der Waals surface area contributed by atoms with Crippen molar-refractivity contribution in [1.82, 2.24) is 19.9 Å². The Balaban J connectivity index is 1.60. The molecule has 0 unspecified atom stereocenters. The van der Waals surface area contributed by atoms with Gasteiger partial charge in [0.2, 0.25) is 0 Å². The van der Waals surface area contributed by atoms with Crippen LogP contribution in [-0.2, 0) is 18.6 Å². The molecule has 0 atom stereocenters. The summed E-state index contributed by atoms with van der Waals surface area (Å²) in [7, 11) is 1.91. The Morgan fingerprint density at radius 2 is 2.19 bits per heavy atom. The van der Waals surface area contributed by atoms with Gasteiger partial charge in [-0.1, -0.05) is 5.16 Å². The maximum absolute atomic E-state index is 5.18. The molecule has 0 fully saturated rings. The first-order valence-electron chi connectivity index (χ1n) is 6.56. The van der Waals surface area contributed by atoms with Crippen LogP contribution in [0.25, 0.3) is 10.6 Å². The first-order valence-corrected chi connectivity index (χ1v) is 8.60. The molecule has 3 aromatic rings. The monoisotopic (exact) mass is 320 g/mol. The lowest BCUT2D eigenvalue weighted by atomic mass is 10.2. The van der Waals surface area contributed by atoms with Crippen molar-refractivity contribution in [2.75, 3.05) is 0 Å². The maximum Gasteiger partial charge on any atom is 0.137 e. The summed E-state index contributed by atoms with van der Waals surface area (Å²) in [4.78, 5) is 4.66. The summed E-state index contributed by atoms with van der Waals surface area (Å²) in [5, 5.41) is 11.3. The highest BCUT2D eigenvalue weighted by Gasteiger charge is 2.10. The predicted octanol–water partition coefficient (Wildman–Crippen LogP) is 3.58. The zero-order valence-electron chi connectivity index (χ0n) is 12.2. The molecule has 3 heterocycles. The molecule has 0 aliphatic carbocycles. The summed E-state index contributed by atoms with van der Waals surface area (Å²) in [5.74, 6) is 2.70. The minimum atomic E-state index is 0.890. The Morgan fingerprint density at radius 3 is 2.86 bits per heavy atom. The average molecular weight is 320 g/mol. The van der Waals surface area contributed by atoms with Gasteiger partial charge in [-0.05, 0) is 13.8 Å². The molecule has 3 aromatic heterocycles. The van der Waals surface area contributed by atoms with Gasteiger partial charge in [0.05, 0.1) is 17.6 Å². The number of hydrogen-bond acceptors (Lipinski definition) is 6. The summed E-state index contributed by atoms with van der Waals surface area (Å²) < 4.78 is 6.97. The first-order chi connectivity index (χ1) is 10.1. The van der Waals surface area contributed by atoms with Crippen molar-refractivity contribution in [3.63, 3.8) is 0 Å². The SMILES string of the molecule is Cc1noc(C)c1CSCc1csc(-c2cnn(C)c2)n1. The molecular weight excluding hydrogens is 304 g/mol. The molecular formula is C14H16N4OS2. The van der Waals surface area contributed by atoms with Gasteiger partial charge in [-0.3, -0.25) is 4.68 Å². The van der Waals surface area contributed by atoms with Gasteiger partial charge >= 0.3 is 0 Å².